The molecule has 0 amide bonds. The van der Waals surface area contributed by atoms with Gasteiger partial charge in [0.25, 0.3) is 0 Å². The van der Waals surface area contributed by atoms with E-state index in [0.29, 0.717) is 30.5 Å². The van der Waals surface area contributed by atoms with Gasteiger partial charge in [0.05, 0.1) is 0 Å². The Morgan fingerprint density at radius 3 is 1.86 bits per heavy atom. The van der Waals surface area contributed by atoms with E-state index in [1.54, 1.807) is 0 Å². The molecule has 0 saturated carbocycles. The molecule has 4 aromatic carbocycles. The summed E-state index contributed by atoms with van der Waals surface area (Å²) in [6.07, 6.45) is 1.89. The van der Waals surface area contributed by atoms with Crippen molar-refractivity contribution in [2.75, 3.05) is 13.2 Å². The van der Waals surface area contributed by atoms with Gasteiger partial charge >= 0.3 is 201 Å². The Hall–Kier alpha value is -3.44. The van der Waals surface area contributed by atoms with Gasteiger partial charge in [0, 0.05) is 0 Å². The average molecular weight is 485 g/mol. The second-order valence-electron chi connectivity index (χ2n) is 10.4. The van der Waals surface area contributed by atoms with Crippen LogP contribution in [0.25, 0.3) is 32.4 Å². The first-order valence-corrected chi connectivity index (χ1v) is 14.1. The number of rotatable bonds is 0. The number of hydrogen-bond acceptors (Lipinski definition) is 5. The maximum absolute atomic E-state index is 7.07. The van der Waals surface area contributed by atoms with Gasteiger partial charge < -0.3 is 0 Å². The van der Waals surface area contributed by atoms with Crippen LogP contribution in [0.5, 0.6) is 17.2 Å². The Labute approximate surface area is 201 Å². The van der Waals surface area contributed by atoms with E-state index in [9.17, 15) is 0 Å². The van der Waals surface area contributed by atoms with Gasteiger partial charge in [0.15, 0.2) is 0 Å². The van der Waals surface area contributed by atoms with Crippen LogP contribution in [0.3, 0.4) is 0 Å². The summed E-state index contributed by atoms with van der Waals surface area (Å²) >= 11 is 0. The maximum atomic E-state index is 7.07. The molecule has 6 nitrogen and oxygen atoms in total. The van der Waals surface area contributed by atoms with Gasteiger partial charge in [0.2, 0.25) is 0 Å². The molecular formula is C28H24NO5P. The summed E-state index contributed by atoms with van der Waals surface area (Å²) in [7, 11) is -5.57. The first kappa shape index (κ1) is 19.8. The third-order valence-corrected chi connectivity index (χ3v) is 11.6. The molecule has 3 aliphatic heterocycles. The molecule has 1 aromatic heterocycles. The molecule has 1 saturated heterocycles. The first-order chi connectivity index (χ1) is 16.9. The van der Waals surface area contributed by atoms with Crippen molar-refractivity contribution in [2.24, 2.45) is 5.41 Å². The van der Waals surface area contributed by atoms with Crippen LogP contribution in [0, 0.1) is 5.41 Å². The average Bonchev–Trinajstić information content (AvgIpc) is 3.34. The van der Waals surface area contributed by atoms with Gasteiger partial charge in [-0.3, -0.25) is 0 Å². The van der Waals surface area contributed by atoms with E-state index in [1.807, 2.05) is 77.3 Å². The predicted molar refractivity (Wildman–Crippen MR) is 135 cm³/mol. The zero-order valence-corrected chi connectivity index (χ0v) is 20.3. The Balaban J connectivity index is 1.53. The van der Waals surface area contributed by atoms with Gasteiger partial charge in [-0.2, -0.15) is 0 Å². The fourth-order valence-electron chi connectivity index (χ4n) is 5.65. The summed E-state index contributed by atoms with van der Waals surface area (Å²) in [5, 5.41) is 4.96. The Bertz CT molecular complexity index is 1690. The number of pyridine rings is 1. The van der Waals surface area contributed by atoms with Crippen LogP contribution in [0.15, 0.2) is 85.1 Å². The molecule has 4 heterocycles. The van der Waals surface area contributed by atoms with E-state index in [0.717, 1.165) is 32.4 Å². The third-order valence-electron chi connectivity index (χ3n) is 7.34. The van der Waals surface area contributed by atoms with Crippen molar-refractivity contribution in [1.82, 2.24) is 0 Å². The van der Waals surface area contributed by atoms with Crippen molar-refractivity contribution in [3.8, 4) is 17.2 Å². The number of aromatic nitrogens is 1. The van der Waals surface area contributed by atoms with E-state index in [-0.39, 0.29) is 5.41 Å². The fraction of sp³-hybridized carbons (Fsp3) is 0.179. The summed E-state index contributed by atoms with van der Waals surface area (Å²) in [5.74, 6) is 1.76. The van der Waals surface area contributed by atoms with E-state index in [1.165, 1.54) is 0 Å². The normalized spacial score (nSPS) is 23.6. The molecular weight excluding hydrogens is 461 g/mol. The van der Waals surface area contributed by atoms with Crippen molar-refractivity contribution in [1.29, 1.82) is 0 Å². The van der Waals surface area contributed by atoms with Crippen molar-refractivity contribution in [2.45, 2.75) is 13.8 Å². The van der Waals surface area contributed by atoms with Gasteiger partial charge in [-0.1, -0.05) is 0 Å². The van der Waals surface area contributed by atoms with E-state index in [4.69, 9.17) is 22.6 Å². The third kappa shape index (κ3) is 2.15. The molecule has 176 valence electrons. The first-order valence-electron chi connectivity index (χ1n) is 11.8. The minimum absolute atomic E-state index is 0.252. The second kappa shape index (κ2) is 5.68. The summed E-state index contributed by atoms with van der Waals surface area (Å²) < 4.78 is 36.6. The van der Waals surface area contributed by atoms with Crippen LogP contribution >= 0.6 is 7.23 Å². The summed E-state index contributed by atoms with van der Waals surface area (Å²) in [4.78, 5) is 0. The Morgan fingerprint density at radius 1 is 0.657 bits per heavy atom. The molecule has 0 atom stereocenters. The Morgan fingerprint density at radius 2 is 1.23 bits per heavy atom. The molecule has 0 unspecified atom stereocenters. The van der Waals surface area contributed by atoms with Crippen LogP contribution in [-0.4, -0.2) is 13.2 Å². The van der Waals surface area contributed by atoms with Crippen LogP contribution < -0.4 is 17.9 Å². The van der Waals surface area contributed by atoms with Crippen LogP contribution in [0.1, 0.15) is 13.8 Å². The van der Waals surface area contributed by atoms with E-state index < -0.39 is 7.23 Å². The fourth-order valence-corrected chi connectivity index (χ4v) is 10.5. The van der Waals surface area contributed by atoms with Crippen molar-refractivity contribution in [3.05, 3.63) is 85.1 Å². The van der Waals surface area contributed by atoms with Crippen molar-refractivity contribution < 1.29 is 27.0 Å². The van der Waals surface area contributed by atoms with E-state index in [2.05, 4.69) is 26.0 Å². The number of para-hydroxylation sites is 1. The molecule has 0 radical (unpaired) electrons. The Kier molecular flexibility index (Phi) is 3.22. The molecule has 7 heteroatoms. The molecule has 3 aliphatic rings. The predicted octanol–water partition coefficient (Wildman–Crippen LogP) is 6.80. The van der Waals surface area contributed by atoms with Crippen LogP contribution in [0.2, 0.25) is 0 Å². The van der Waals surface area contributed by atoms with E-state index >= 15 is 0 Å². The summed E-state index contributed by atoms with van der Waals surface area (Å²) in [5.41, 5.74) is 0.573. The monoisotopic (exact) mass is 485 g/mol. The van der Waals surface area contributed by atoms with Crippen LogP contribution in [0.4, 0.5) is 0 Å². The van der Waals surface area contributed by atoms with Gasteiger partial charge in [0.1, 0.15) is 0 Å². The zero-order valence-electron chi connectivity index (χ0n) is 19.4. The summed E-state index contributed by atoms with van der Waals surface area (Å²) in [6.45, 7) is 4.87. The minimum atomic E-state index is -5.57. The van der Waals surface area contributed by atoms with Gasteiger partial charge in [-0.25, -0.2) is 0 Å². The number of fused-ring (bicyclic) bond motifs is 6. The SMILES string of the molecule is CC1(C)CO[P-]23(OC1)(Oc1c(c4ccccc4c4ccccc14)O2)Oc1cccc2ccc[n+]3c12. The summed E-state index contributed by atoms with van der Waals surface area (Å²) in [6, 6.07) is 26.2. The second-order valence-corrected chi connectivity index (χ2v) is 14.2. The number of benzene rings is 4. The van der Waals surface area contributed by atoms with Gasteiger partial charge in [-0.05, 0) is 0 Å². The van der Waals surface area contributed by atoms with Crippen molar-refractivity contribution in [3.63, 3.8) is 0 Å². The molecule has 8 rings (SSSR count). The molecule has 1 spiro atoms. The van der Waals surface area contributed by atoms with Gasteiger partial charge in [-0.15, -0.1) is 0 Å². The quantitative estimate of drug-likeness (QED) is 0.178. The van der Waals surface area contributed by atoms with Crippen LogP contribution in [-0.2, 0) is 9.05 Å². The molecule has 0 aliphatic carbocycles. The molecule has 5 aromatic rings. The standard InChI is InChI=1S/C28H24NO5P/c1-28(2)17-30-35(31-18-28,29-16-8-10-19-9-7-15-24(32-35)25(19)29)33-26-22-13-5-3-11-20(22)21-12-4-6-14-23(21)27(26)34-35/h3-16H,17-18H2,1-2H3. The topological polar surface area (TPSA) is 50.0 Å². The zero-order chi connectivity index (χ0) is 23.5. The van der Waals surface area contributed by atoms with Crippen molar-refractivity contribution >= 4 is 39.7 Å². The molecule has 0 bridgehead atoms. The molecule has 0 N–H and O–H groups in total. The molecule has 1 fully saturated rings. The molecule has 35 heavy (non-hydrogen) atoms. The number of nitrogens with zero attached hydrogens (tertiary/aromatic N) is 1. The number of hydrogen-bond donors (Lipinski definition) is 0.